The van der Waals surface area contributed by atoms with E-state index in [0.717, 1.165) is 17.7 Å². The molecule has 1 aliphatic carbocycles. The molecule has 2 nitrogen and oxygen atoms in total. The minimum Gasteiger partial charge on any atom is -0.496 e. The summed E-state index contributed by atoms with van der Waals surface area (Å²) in [6, 6.07) is 7.76. The Morgan fingerprint density at radius 1 is 1.31 bits per heavy atom. The van der Waals surface area contributed by atoms with Gasteiger partial charge in [-0.25, -0.2) is 0 Å². The van der Waals surface area contributed by atoms with Gasteiger partial charge in [0.1, 0.15) is 5.75 Å². The maximum atomic E-state index is 10.2. The molecular weight excluding hydrogens is 200 g/mol. The molecule has 1 N–H and O–H groups in total. The van der Waals surface area contributed by atoms with Crippen LogP contribution in [0.4, 0.5) is 0 Å². The molecule has 1 saturated carbocycles. The Hall–Kier alpha value is -1.02. The molecule has 1 aromatic rings. The van der Waals surface area contributed by atoms with Crippen LogP contribution in [0.1, 0.15) is 43.8 Å². The molecule has 0 aromatic heterocycles. The van der Waals surface area contributed by atoms with Gasteiger partial charge in [-0.2, -0.15) is 0 Å². The first-order valence-electron chi connectivity index (χ1n) is 6.12. The molecular formula is C14H20O2. The molecule has 0 bridgehead atoms. The first-order chi connectivity index (χ1) is 7.81. The van der Waals surface area contributed by atoms with Crippen LogP contribution in [-0.2, 0) is 0 Å². The Morgan fingerprint density at radius 2 is 2.00 bits per heavy atom. The Kier molecular flexibility index (Phi) is 3.83. The summed E-state index contributed by atoms with van der Waals surface area (Å²) < 4.78 is 5.27. The summed E-state index contributed by atoms with van der Waals surface area (Å²) in [5.74, 6) is 1.49. The van der Waals surface area contributed by atoms with E-state index >= 15 is 0 Å². The Bertz CT molecular complexity index is 329. The summed E-state index contributed by atoms with van der Waals surface area (Å²) in [7, 11) is 1.65. The summed E-state index contributed by atoms with van der Waals surface area (Å²) in [6.07, 6.45) is 5.69. The number of hydrogen-bond acceptors (Lipinski definition) is 2. The molecule has 0 radical (unpaired) electrons. The molecule has 1 unspecified atom stereocenters. The minimum atomic E-state index is -0.376. The Balaban J connectivity index is 2.04. The van der Waals surface area contributed by atoms with E-state index in [9.17, 15) is 5.11 Å². The number of aliphatic hydroxyl groups is 1. The largest absolute Gasteiger partial charge is 0.496 e. The van der Waals surface area contributed by atoms with E-state index in [2.05, 4.69) is 0 Å². The van der Waals surface area contributed by atoms with Crippen LogP contribution in [0.2, 0.25) is 0 Å². The second-order valence-corrected chi connectivity index (χ2v) is 4.64. The quantitative estimate of drug-likeness (QED) is 0.843. The van der Waals surface area contributed by atoms with E-state index < -0.39 is 0 Å². The van der Waals surface area contributed by atoms with Crippen molar-refractivity contribution in [2.75, 3.05) is 7.11 Å². The third-order valence-electron chi connectivity index (χ3n) is 3.53. The average molecular weight is 220 g/mol. The van der Waals surface area contributed by atoms with Crippen molar-refractivity contribution in [3.63, 3.8) is 0 Å². The number of benzene rings is 1. The van der Waals surface area contributed by atoms with Crippen molar-refractivity contribution in [1.82, 2.24) is 0 Å². The second kappa shape index (κ2) is 5.35. The molecule has 88 valence electrons. The standard InChI is InChI=1S/C14H20O2/c1-16-14-9-5-4-8-12(14)13(15)10-11-6-2-3-7-11/h4-5,8-9,11,13,15H,2-3,6-7,10H2,1H3. The number of ether oxygens (including phenoxy) is 1. The Labute approximate surface area is 97.3 Å². The van der Waals surface area contributed by atoms with Crippen LogP contribution in [0.5, 0.6) is 5.75 Å². The fraction of sp³-hybridized carbons (Fsp3) is 0.571. The van der Waals surface area contributed by atoms with Gasteiger partial charge in [0.15, 0.2) is 0 Å². The number of hydrogen-bond donors (Lipinski definition) is 1. The molecule has 1 atom stereocenters. The maximum absolute atomic E-state index is 10.2. The van der Waals surface area contributed by atoms with E-state index in [0.29, 0.717) is 5.92 Å². The van der Waals surface area contributed by atoms with Crippen LogP contribution in [-0.4, -0.2) is 12.2 Å². The van der Waals surface area contributed by atoms with E-state index in [1.165, 1.54) is 25.7 Å². The van der Waals surface area contributed by atoms with Crippen molar-refractivity contribution in [2.24, 2.45) is 5.92 Å². The van der Waals surface area contributed by atoms with Crippen LogP contribution in [0.25, 0.3) is 0 Å². The lowest BCUT2D eigenvalue weighted by Crippen LogP contribution is -2.05. The third-order valence-corrected chi connectivity index (χ3v) is 3.53. The van der Waals surface area contributed by atoms with E-state index in [4.69, 9.17) is 4.74 Å². The van der Waals surface area contributed by atoms with Gasteiger partial charge in [-0.3, -0.25) is 0 Å². The van der Waals surface area contributed by atoms with Gasteiger partial charge in [0.05, 0.1) is 13.2 Å². The zero-order valence-electron chi connectivity index (χ0n) is 9.86. The molecule has 0 aliphatic heterocycles. The molecule has 16 heavy (non-hydrogen) atoms. The number of methoxy groups -OCH3 is 1. The SMILES string of the molecule is COc1ccccc1C(O)CC1CCCC1. The smallest absolute Gasteiger partial charge is 0.124 e. The fourth-order valence-corrected chi connectivity index (χ4v) is 2.63. The molecule has 1 aromatic carbocycles. The summed E-state index contributed by atoms with van der Waals surface area (Å²) in [6.45, 7) is 0. The molecule has 0 spiro atoms. The van der Waals surface area contributed by atoms with E-state index in [1.54, 1.807) is 7.11 Å². The van der Waals surface area contributed by atoms with Gasteiger partial charge in [-0.15, -0.1) is 0 Å². The van der Waals surface area contributed by atoms with E-state index in [1.807, 2.05) is 24.3 Å². The zero-order valence-corrected chi connectivity index (χ0v) is 9.86. The molecule has 2 heteroatoms. The number of rotatable bonds is 4. The number of aliphatic hydroxyl groups excluding tert-OH is 1. The van der Waals surface area contributed by atoms with Gasteiger partial charge in [0, 0.05) is 5.56 Å². The predicted molar refractivity (Wildman–Crippen MR) is 64.5 cm³/mol. The van der Waals surface area contributed by atoms with Gasteiger partial charge in [0.2, 0.25) is 0 Å². The maximum Gasteiger partial charge on any atom is 0.124 e. The van der Waals surface area contributed by atoms with Gasteiger partial charge < -0.3 is 9.84 Å². The molecule has 1 fully saturated rings. The highest BCUT2D eigenvalue weighted by Gasteiger charge is 2.21. The van der Waals surface area contributed by atoms with Crippen molar-refractivity contribution in [2.45, 2.75) is 38.2 Å². The van der Waals surface area contributed by atoms with Crippen LogP contribution < -0.4 is 4.74 Å². The van der Waals surface area contributed by atoms with Crippen molar-refractivity contribution in [1.29, 1.82) is 0 Å². The first-order valence-corrected chi connectivity index (χ1v) is 6.12. The molecule has 2 rings (SSSR count). The van der Waals surface area contributed by atoms with Gasteiger partial charge in [-0.1, -0.05) is 43.9 Å². The van der Waals surface area contributed by atoms with Crippen LogP contribution in [0.15, 0.2) is 24.3 Å². The summed E-state index contributed by atoms with van der Waals surface area (Å²) in [5, 5.41) is 10.2. The molecule has 0 amide bonds. The highest BCUT2D eigenvalue weighted by atomic mass is 16.5. The van der Waals surface area contributed by atoms with Crippen molar-refractivity contribution >= 4 is 0 Å². The van der Waals surface area contributed by atoms with Gasteiger partial charge in [-0.05, 0) is 18.4 Å². The third kappa shape index (κ3) is 2.56. The summed E-state index contributed by atoms with van der Waals surface area (Å²) in [5.41, 5.74) is 0.928. The summed E-state index contributed by atoms with van der Waals surface area (Å²) >= 11 is 0. The second-order valence-electron chi connectivity index (χ2n) is 4.64. The Morgan fingerprint density at radius 3 is 2.69 bits per heavy atom. The van der Waals surface area contributed by atoms with Gasteiger partial charge >= 0.3 is 0 Å². The molecule has 0 heterocycles. The summed E-state index contributed by atoms with van der Waals surface area (Å²) in [4.78, 5) is 0. The average Bonchev–Trinajstić information content (AvgIpc) is 2.81. The lowest BCUT2D eigenvalue weighted by Gasteiger charge is -2.17. The van der Waals surface area contributed by atoms with Crippen molar-refractivity contribution in [3.8, 4) is 5.75 Å². The zero-order chi connectivity index (χ0) is 11.4. The lowest BCUT2D eigenvalue weighted by atomic mass is 9.95. The van der Waals surface area contributed by atoms with Gasteiger partial charge in [0.25, 0.3) is 0 Å². The number of para-hydroxylation sites is 1. The van der Waals surface area contributed by atoms with Crippen molar-refractivity contribution in [3.05, 3.63) is 29.8 Å². The van der Waals surface area contributed by atoms with E-state index in [-0.39, 0.29) is 6.10 Å². The van der Waals surface area contributed by atoms with Crippen LogP contribution >= 0.6 is 0 Å². The highest BCUT2D eigenvalue weighted by Crippen LogP contribution is 2.35. The fourth-order valence-electron chi connectivity index (χ4n) is 2.63. The molecule has 1 aliphatic rings. The monoisotopic (exact) mass is 220 g/mol. The van der Waals surface area contributed by atoms with Crippen LogP contribution in [0, 0.1) is 5.92 Å². The molecule has 0 saturated heterocycles. The predicted octanol–water partition coefficient (Wildman–Crippen LogP) is 3.31. The topological polar surface area (TPSA) is 29.5 Å². The minimum absolute atomic E-state index is 0.376. The highest BCUT2D eigenvalue weighted by molar-refractivity contribution is 5.34. The van der Waals surface area contributed by atoms with Crippen LogP contribution in [0.3, 0.4) is 0 Å². The lowest BCUT2D eigenvalue weighted by molar-refractivity contribution is 0.141. The normalized spacial score (nSPS) is 18.6. The van der Waals surface area contributed by atoms with Crippen molar-refractivity contribution < 1.29 is 9.84 Å². The first kappa shape index (κ1) is 11.5.